The Morgan fingerprint density at radius 3 is 1.93 bits per heavy atom. The van der Waals surface area contributed by atoms with Crippen molar-refractivity contribution < 1.29 is 4.74 Å². The van der Waals surface area contributed by atoms with Crippen molar-refractivity contribution in [3.63, 3.8) is 0 Å². The van der Waals surface area contributed by atoms with Crippen molar-refractivity contribution in [1.29, 1.82) is 0 Å². The minimum atomic E-state index is -0.659. The lowest BCUT2D eigenvalue weighted by Gasteiger charge is -2.32. The zero-order chi connectivity index (χ0) is 12.3. The van der Waals surface area contributed by atoms with Crippen molar-refractivity contribution in [2.45, 2.75) is 58.3 Å². The Bertz CT molecular complexity index is 185. The summed E-state index contributed by atoms with van der Waals surface area (Å²) in [5.74, 6) is 0.258. The molecule has 4 heteroatoms. The van der Waals surface area contributed by atoms with Gasteiger partial charge in [0, 0.05) is 18.0 Å². The molecule has 15 heavy (non-hydrogen) atoms. The van der Waals surface area contributed by atoms with Gasteiger partial charge < -0.3 is 21.9 Å². The molecule has 0 rings (SSSR count). The highest BCUT2D eigenvalue weighted by Gasteiger charge is 2.26. The second-order valence-corrected chi connectivity index (χ2v) is 5.53. The Hall–Kier alpha value is -0.160. The average molecular weight is 217 g/mol. The zero-order valence-corrected chi connectivity index (χ0v) is 10.7. The molecule has 3 atom stereocenters. The highest BCUT2D eigenvalue weighted by Crippen LogP contribution is 2.17. The number of ether oxygens (including phenoxy) is 1. The summed E-state index contributed by atoms with van der Waals surface area (Å²) < 4.78 is 5.65. The maximum absolute atomic E-state index is 5.97. The molecule has 3 unspecified atom stereocenters. The normalized spacial score (nSPS) is 20.8. The minimum Gasteiger partial charge on any atom is -0.361 e. The smallest absolute Gasteiger partial charge is 0.115 e. The third kappa shape index (κ3) is 6.84. The van der Waals surface area contributed by atoms with Crippen molar-refractivity contribution in [1.82, 2.24) is 0 Å². The molecule has 0 saturated carbocycles. The molecule has 0 saturated heterocycles. The Balaban J connectivity index is 4.04. The molecule has 0 heterocycles. The molecule has 0 bridgehead atoms. The SMILES string of the molecule is CC(N)CC(C)(N)OCC(C)C(C)(C)N. The Morgan fingerprint density at radius 2 is 1.60 bits per heavy atom. The molecule has 0 spiro atoms. The van der Waals surface area contributed by atoms with Crippen LogP contribution in [-0.2, 0) is 4.74 Å². The van der Waals surface area contributed by atoms with Gasteiger partial charge in [0.2, 0.25) is 0 Å². The number of hydrogen-bond acceptors (Lipinski definition) is 4. The Kier molecular flexibility index (Phi) is 5.20. The van der Waals surface area contributed by atoms with E-state index in [1.165, 1.54) is 0 Å². The number of rotatable bonds is 6. The largest absolute Gasteiger partial charge is 0.361 e. The third-order valence-corrected chi connectivity index (χ3v) is 2.66. The highest BCUT2D eigenvalue weighted by atomic mass is 16.5. The van der Waals surface area contributed by atoms with Gasteiger partial charge in [-0.15, -0.1) is 0 Å². The van der Waals surface area contributed by atoms with Gasteiger partial charge in [-0.05, 0) is 33.6 Å². The second-order valence-electron chi connectivity index (χ2n) is 5.53. The van der Waals surface area contributed by atoms with E-state index in [2.05, 4.69) is 6.92 Å². The quantitative estimate of drug-likeness (QED) is 0.574. The van der Waals surface area contributed by atoms with Gasteiger partial charge in [0.25, 0.3) is 0 Å². The molecule has 6 N–H and O–H groups in total. The van der Waals surface area contributed by atoms with E-state index in [0.29, 0.717) is 13.0 Å². The van der Waals surface area contributed by atoms with E-state index < -0.39 is 5.72 Å². The maximum Gasteiger partial charge on any atom is 0.115 e. The molecule has 0 aromatic rings. The molecule has 0 aromatic heterocycles. The lowest BCUT2D eigenvalue weighted by Crippen LogP contribution is -2.48. The van der Waals surface area contributed by atoms with Crippen LogP contribution in [0.1, 0.15) is 41.0 Å². The highest BCUT2D eigenvalue weighted by molar-refractivity contribution is 4.80. The van der Waals surface area contributed by atoms with Gasteiger partial charge in [-0.2, -0.15) is 0 Å². The van der Waals surface area contributed by atoms with Crippen LogP contribution in [0.4, 0.5) is 0 Å². The fourth-order valence-electron chi connectivity index (χ4n) is 1.23. The molecule has 92 valence electrons. The summed E-state index contributed by atoms with van der Waals surface area (Å²) >= 11 is 0. The summed E-state index contributed by atoms with van der Waals surface area (Å²) in [6.07, 6.45) is 0.644. The van der Waals surface area contributed by atoms with Crippen LogP contribution >= 0.6 is 0 Å². The second kappa shape index (κ2) is 5.25. The predicted octanol–water partition coefficient (Wildman–Crippen LogP) is 0.789. The first-order valence-electron chi connectivity index (χ1n) is 5.52. The third-order valence-electron chi connectivity index (χ3n) is 2.66. The summed E-state index contributed by atoms with van der Waals surface area (Å²) in [6.45, 7) is 10.4. The van der Waals surface area contributed by atoms with Gasteiger partial charge in [-0.25, -0.2) is 0 Å². The van der Waals surface area contributed by atoms with E-state index in [4.69, 9.17) is 21.9 Å². The summed E-state index contributed by atoms with van der Waals surface area (Å²) in [4.78, 5) is 0. The molecule has 0 aliphatic carbocycles. The molecule has 0 fully saturated rings. The first-order valence-corrected chi connectivity index (χ1v) is 5.52. The van der Waals surface area contributed by atoms with Gasteiger partial charge in [0.1, 0.15) is 5.72 Å². The van der Waals surface area contributed by atoms with Crippen molar-refractivity contribution >= 4 is 0 Å². The summed E-state index contributed by atoms with van der Waals surface area (Å²) in [5, 5.41) is 0. The summed E-state index contributed by atoms with van der Waals surface area (Å²) in [7, 11) is 0. The van der Waals surface area contributed by atoms with Crippen LogP contribution in [0.2, 0.25) is 0 Å². The molecule has 0 aliphatic heterocycles. The number of hydrogen-bond donors (Lipinski definition) is 3. The van der Waals surface area contributed by atoms with Gasteiger partial charge >= 0.3 is 0 Å². The van der Waals surface area contributed by atoms with Crippen molar-refractivity contribution in [2.24, 2.45) is 23.1 Å². The Morgan fingerprint density at radius 1 is 1.13 bits per heavy atom. The van der Waals surface area contributed by atoms with Gasteiger partial charge in [-0.1, -0.05) is 6.92 Å². The topological polar surface area (TPSA) is 87.3 Å². The van der Waals surface area contributed by atoms with E-state index in [1.807, 2.05) is 27.7 Å². The molecule has 0 aliphatic rings. The zero-order valence-electron chi connectivity index (χ0n) is 10.7. The van der Waals surface area contributed by atoms with Gasteiger partial charge in [-0.3, -0.25) is 0 Å². The summed E-state index contributed by atoms with van der Waals surface area (Å²) in [6, 6.07) is 0.0428. The van der Waals surface area contributed by atoms with Gasteiger partial charge in [0.05, 0.1) is 6.61 Å². The van der Waals surface area contributed by atoms with Crippen LogP contribution in [0, 0.1) is 5.92 Å². The minimum absolute atomic E-state index is 0.0428. The average Bonchev–Trinajstić information content (AvgIpc) is 1.95. The predicted molar refractivity (Wildman–Crippen MR) is 64.2 cm³/mol. The lowest BCUT2D eigenvalue weighted by molar-refractivity contribution is -0.0576. The van der Waals surface area contributed by atoms with Crippen molar-refractivity contribution in [3.05, 3.63) is 0 Å². The molecule has 0 amide bonds. The molecular formula is C11H27N3O. The monoisotopic (exact) mass is 217 g/mol. The maximum atomic E-state index is 5.97. The van der Waals surface area contributed by atoms with E-state index in [1.54, 1.807) is 0 Å². The molecule has 0 aromatic carbocycles. The number of nitrogens with two attached hydrogens (primary N) is 3. The van der Waals surface area contributed by atoms with Crippen LogP contribution in [0.15, 0.2) is 0 Å². The molecule has 0 radical (unpaired) electrons. The fourth-order valence-corrected chi connectivity index (χ4v) is 1.23. The molecule has 4 nitrogen and oxygen atoms in total. The fraction of sp³-hybridized carbons (Fsp3) is 1.00. The van der Waals surface area contributed by atoms with E-state index >= 15 is 0 Å². The van der Waals surface area contributed by atoms with E-state index in [9.17, 15) is 0 Å². The van der Waals surface area contributed by atoms with Crippen LogP contribution < -0.4 is 17.2 Å². The van der Waals surface area contributed by atoms with E-state index in [-0.39, 0.29) is 17.5 Å². The summed E-state index contributed by atoms with van der Waals surface area (Å²) in [5.41, 5.74) is 16.7. The van der Waals surface area contributed by atoms with Gasteiger partial charge in [0.15, 0.2) is 0 Å². The first kappa shape index (κ1) is 14.8. The standard InChI is InChI=1S/C11H27N3O/c1-8(10(3,4)13)7-15-11(5,14)6-9(2)12/h8-9H,6-7,12-14H2,1-5H3. The van der Waals surface area contributed by atoms with Crippen molar-refractivity contribution in [3.8, 4) is 0 Å². The lowest BCUT2D eigenvalue weighted by atomic mass is 9.91. The molecular weight excluding hydrogens is 190 g/mol. The van der Waals surface area contributed by atoms with Crippen LogP contribution in [0.3, 0.4) is 0 Å². The van der Waals surface area contributed by atoms with E-state index in [0.717, 1.165) is 0 Å². The van der Waals surface area contributed by atoms with Crippen LogP contribution in [0.5, 0.6) is 0 Å². The Labute approximate surface area is 93.5 Å². The van der Waals surface area contributed by atoms with Crippen LogP contribution in [-0.4, -0.2) is 23.9 Å². The van der Waals surface area contributed by atoms with Crippen molar-refractivity contribution in [2.75, 3.05) is 6.61 Å². The first-order chi connectivity index (χ1) is 6.54. The van der Waals surface area contributed by atoms with Crippen LogP contribution in [0.25, 0.3) is 0 Å².